The largest absolute Gasteiger partial charge is 0.495 e. The Balaban J connectivity index is 2.93. The molecule has 0 aliphatic carbocycles. The number of hydrogen-bond acceptors (Lipinski definition) is 5. The topological polar surface area (TPSA) is 106 Å². The number of nitrogens with one attached hydrogen (secondary N) is 1. The number of rotatable bonds is 4. The maximum absolute atomic E-state index is 11.5. The number of amides is 1. The Labute approximate surface area is 111 Å². The molecule has 0 aromatic heterocycles. The number of anilines is 1. The van der Waals surface area contributed by atoms with Crippen molar-refractivity contribution in [2.75, 3.05) is 12.4 Å². The number of oxime groups is 1. The van der Waals surface area contributed by atoms with Crippen LogP contribution in [0.5, 0.6) is 5.75 Å². The van der Waals surface area contributed by atoms with Crippen molar-refractivity contribution in [1.29, 1.82) is 0 Å². The predicted octanol–water partition coefficient (Wildman–Crippen LogP) is 1.75. The molecule has 1 amide bonds. The minimum Gasteiger partial charge on any atom is -0.495 e. The van der Waals surface area contributed by atoms with Gasteiger partial charge >= 0.3 is 6.09 Å². The number of amidine groups is 1. The first-order valence-corrected chi connectivity index (χ1v) is 5.61. The van der Waals surface area contributed by atoms with Crippen LogP contribution in [0.1, 0.15) is 19.4 Å². The van der Waals surface area contributed by atoms with Gasteiger partial charge in [-0.25, -0.2) is 4.79 Å². The number of methoxy groups -OCH3 is 1. The van der Waals surface area contributed by atoms with Gasteiger partial charge in [0.1, 0.15) is 5.75 Å². The molecule has 1 rings (SSSR count). The quantitative estimate of drug-likeness (QED) is 0.333. The monoisotopic (exact) mass is 267 g/mol. The van der Waals surface area contributed by atoms with Crippen molar-refractivity contribution in [1.82, 2.24) is 0 Å². The SMILES string of the molecule is COc1cc(/C(N)=N/O)ccc1NC(=O)OC(C)C. The molecular weight excluding hydrogens is 250 g/mol. The summed E-state index contributed by atoms with van der Waals surface area (Å²) in [5.41, 5.74) is 6.37. The van der Waals surface area contributed by atoms with Gasteiger partial charge in [-0.15, -0.1) is 0 Å². The molecular formula is C12H17N3O4. The lowest BCUT2D eigenvalue weighted by Gasteiger charge is -2.13. The van der Waals surface area contributed by atoms with E-state index in [-0.39, 0.29) is 11.9 Å². The van der Waals surface area contributed by atoms with Crippen LogP contribution in [0.25, 0.3) is 0 Å². The van der Waals surface area contributed by atoms with Crippen LogP contribution in [0.15, 0.2) is 23.4 Å². The summed E-state index contributed by atoms with van der Waals surface area (Å²) in [6.45, 7) is 3.50. The molecule has 0 saturated heterocycles. The normalized spacial score (nSPS) is 11.3. The molecule has 1 aromatic rings. The van der Waals surface area contributed by atoms with Gasteiger partial charge in [-0.1, -0.05) is 5.16 Å². The van der Waals surface area contributed by atoms with Crippen LogP contribution in [0.4, 0.5) is 10.5 Å². The van der Waals surface area contributed by atoms with Gasteiger partial charge in [0.25, 0.3) is 0 Å². The molecule has 7 nitrogen and oxygen atoms in total. The highest BCUT2D eigenvalue weighted by Gasteiger charge is 2.11. The van der Waals surface area contributed by atoms with E-state index >= 15 is 0 Å². The highest BCUT2D eigenvalue weighted by Crippen LogP contribution is 2.25. The third-order valence-electron chi connectivity index (χ3n) is 2.18. The zero-order valence-electron chi connectivity index (χ0n) is 11.0. The van der Waals surface area contributed by atoms with Crippen LogP contribution in [0, 0.1) is 0 Å². The maximum atomic E-state index is 11.5. The van der Waals surface area contributed by atoms with Crippen LogP contribution < -0.4 is 15.8 Å². The number of nitrogens with zero attached hydrogens (tertiary/aromatic N) is 1. The molecule has 0 aliphatic rings. The van der Waals surface area contributed by atoms with Crippen molar-refractivity contribution >= 4 is 17.6 Å². The van der Waals surface area contributed by atoms with Crippen molar-refractivity contribution in [2.45, 2.75) is 20.0 Å². The zero-order chi connectivity index (χ0) is 14.4. The van der Waals surface area contributed by atoms with Crippen LogP contribution in [0.2, 0.25) is 0 Å². The number of benzene rings is 1. The summed E-state index contributed by atoms with van der Waals surface area (Å²) in [6, 6.07) is 4.70. The molecule has 0 radical (unpaired) electrons. The average Bonchev–Trinajstić information content (AvgIpc) is 2.37. The summed E-state index contributed by atoms with van der Waals surface area (Å²) < 4.78 is 10.1. The second-order valence-corrected chi connectivity index (χ2v) is 3.98. The second-order valence-electron chi connectivity index (χ2n) is 3.98. The summed E-state index contributed by atoms with van der Waals surface area (Å²) in [4.78, 5) is 11.5. The van der Waals surface area contributed by atoms with E-state index in [1.54, 1.807) is 32.0 Å². The average molecular weight is 267 g/mol. The van der Waals surface area contributed by atoms with Gasteiger partial charge in [-0.3, -0.25) is 5.32 Å². The van der Waals surface area contributed by atoms with E-state index in [1.807, 2.05) is 0 Å². The van der Waals surface area contributed by atoms with Crippen molar-refractivity contribution in [3.05, 3.63) is 23.8 Å². The zero-order valence-corrected chi connectivity index (χ0v) is 11.0. The Morgan fingerprint density at radius 2 is 2.16 bits per heavy atom. The fourth-order valence-electron chi connectivity index (χ4n) is 1.37. The minimum atomic E-state index is -0.579. The number of ether oxygens (including phenoxy) is 2. The number of carbonyl (C=O) groups is 1. The molecule has 0 aliphatic heterocycles. The molecule has 4 N–H and O–H groups in total. The summed E-state index contributed by atoms with van der Waals surface area (Å²) in [5.74, 6) is 0.333. The highest BCUT2D eigenvalue weighted by atomic mass is 16.6. The smallest absolute Gasteiger partial charge is 0.411 e. The molecule has 0 fully saturated rings. The van der Waals surface area contributed by atoms with E-state index in [9.17, 15) is 4.79 Å². The summed E-state index contributed by atoms with van der Waals surface area (Å²) in [7, 11) is 1.45. The van der Waals surface area contributed by atoms with E-state index in [4.69, 9.17) is 20.4 Å². The fourth-order valence-corrected chi connectivity index (χ4v) is 1.37. The van der Waals surface area contributed by atoms with E-state index in [0.29, 0.717) is 17.0 Å². The molecule has 1 aromatic carbocycles. The highest BCUT2D eigenvalue weighted by molar-refractivity contribution is 5.98. The Morgan fingerprint density at radius 1 is 1.47 bits per heavy atom. The number of hydrogen-bond donors (Lipinski definition) is 3. The Bertz CT molecular complexity index is 486. The first-order valence-electron chi connectivity index (χ1n) is 5.61. The Kier molecular flexibility index (Phi) is 4.99. The van der Waals surface area contributed by atoms with Crippen molar-refractivity contribution < 1.29 is 19.5 Å². The molecule has 0 bridgehead atoms. The summed E-state index contributed by atoms with van der Waals surface area (Å²) in [6.07, 6.45) is -0.799. The standard InChI is InChI=1S/C12H17N3O4/c1-7(2)19-12(16)14-9-5-4-8(11(13)15-17)6-10(9)18-3/h4-7,17H,1-3H3,(H2,13,15)(H,14,16). The van der Waals surface area contributed by atoms with Gasteiger partial charge in [0.2, 0.25) is 0 Å². The number of carbonyl (C=O) groups excluding carboxylic acids is 1. The van der Waals surface area contributed by atoms with Crippen LogP contribution in [0.3, 0.4) is 0 Å². The fraction of sp³-hybridized carbons (Fsp3) is 0.333. The van der Waals surface area contributed by atoms with Crippen molar-refractivity contribution in [3.8, 4) is 5.75 Å². The van der Waals surface area contributed by atoms with Crippen molar-refractivity contribution in [2.24, 2.45) is 10.9 Å². The van der Waals surface area contributed by atoms with Gasteiger partial charge in [-0.2, -0.15) is 0 Å². The Morgan fingerprint density at radius 3 is 2.68 bits per heavy atom. The lowest BCUT2D eigenvalue weighted by molar-refractivity contribution is 0.130. The first-order chi connectivity index (χ1) is 8.97. The van der Waals surface area contributed by atoms with Gasteiger partial charge in [0.05, 0.1) is 18.9 Å². The van der Waals surface area contributed by atoms with E-state index in [0.717, 1.165) is 0 Å². The van der Waals surface area contributed by atoms with Crippen LogP contribution in [-0.4, -0.2) is 30.3 Å². The van der Waals surface area contributed by atoms with E-state index < -0.39 is 6.09 Å². The summed E-state index contributed by atoms with van der Waals surface area (Å²) >= 11 is 0. The first kappa shape index (κ1) is 14.6. The third-order valence-corrected chi connectivity index (χ3v) is 2.18. The van der Waals surface area contributed by atoms with Gasteiger partial charge in [0, 0.05) is 5.56 Å². The molecule has 0 atom stereocenters. The predicted molar refractivity (Wildman–Crippen MR) is 70.7 cm³/mol. The lowest BCUT2D eigenvalue weighted by Crippen LogP contribution is -2.19. The van der Waals surface area contributed by atoms with E-state index in [2.05, 4.69) is 10.5 Å². The molecule has 0 saturated carbocycles. The minimum absolute atomic E-state index is 0.0467. The van der Waals surface area contributed by atoms with Gasteiger partial charge in [0.15, 0.2) is 5.84 Å². The molecule has 104 valence electrons. The van der Waals surface area contributed by atoms with Crippen molar-refractivity contribution in [3.63, 3.8) is 0 Å². The maximum Gasteiger partial charge on any atom is 0.411 e. The van der Waals surface area contributed by atoms with Gasteiger partial charge in [-0.05, 0) is 32.0 Å². The Hall–Kier alpha value is -2.44. The second kappa shape index (κ2) is 6.48. The lowest BCUT2D eigenvalue weighted by atomic mass is 10.1. The van der Waals surface area contributed by atoms with Crippen LogP contribution in [-0.2, 0) is 4.74 Å². The molecule has 19 heavy (non-hydrogen) atoms. The summed E-state index contributed by atoms with van der Waals surface area (Å²) in [5, 5.41) is 14.0. The van der Waals surface area contributed by atoms with Crippen LogP contribution >= 0.6 is 0 Å². The molecule has 0 unspecified atom stereocenters. The number of nitrogens with two attached hydrogens (primary N) is 1. The third kappa shape index (κ3) is 4.06. The molecule has 0 spiro atoms. The van der Waals surface area contributed by atoms with Gasteiger partial charge < -0.3 is 20.4 Å². The molecule has 7 heteroatoms. The molecule has 0 heterocycles. The van der Waals surface area contributed by atoms with E-state index in [1.165, 1.54) is 7.11 Å².